The van der Waals surface area contributed by atoms with E-state index < -0.39 is 21.8 Å². The van der Waals surface area contributed by atoms with Crippen LogP contribution in [0.4, 0.5) is 0 Å². The van der Waals surface area contributed by atoms with E-state index in [1.165, 1.54) is 30.7 Å². The van der Waals surface area contributed by atoms with E-state index in [0.717, 1.165) is 0 Å². The molecule has 1 amide bonds. The van der Waals surface area contributed by atoms with Crippen LogP contribution in [0.25, 0.3) is 0 Å². The fourth-order valence-corrected chi connectivity index (χ4v) is 4.20. The van der Waals surface area contributed by atoms with Crippen LogP contribution in [0, 0.1) is 11.8 Å². The summed E-state index contributed by atoms with van der Waals surface area (Å²) in [5.74, 6) is -0.825. The SMILES string of the molecule is COC[C@@H]1CN(S(=O)(=O)c2cccc(OC)c2)C[C@H]1C(N)=O. The van der Waals surface area contributed by atoms with Crippen LogP contribution in [0.15, 0.2) is 29.2 Å². The Hall–Kier alpha value is -1.64. The highest BCUT2D eigenvalue weighted by Crippen LogP contribution is 2.30. The van der Waals surface area contributed by atoms with E-state index in [9.17, 15) is 13.2 Å². The first-order valence-corrected chi connectivity index (χ1v) is 8.26. The summed E-state index contributed by atoms with van der Waals surface area (Å²) in [5.41, 5.74) is 5.37. The predicted molar refractivity (Wildman–Crippen MR) is 79.8 cm³/mol. The minimum atomic E-state index is -3.70. The third-order valence-electron chi connectivity index (χ3n) is 3.83. The van der Waals surface area contributed by atoms with Crippen molar-refractivity contribution in [3.8, 4) is 5.75 Å². The molecule has 1 aromatic rings. The number of rotatable bonds is 6. The van der Waals surface area contributed by atoms with Crippen molar-refractivity contribution >= 4 is 15.9 Å². The van der Waals surface area contributed by atoms with E-state index >= 15 is 0 Å². The second kappa shape index (κ2) is 6.64. The molecule has 0 aliphatic carbocycles. The molecule has 0 radical (unpaired) electrons. The Morgan fingerprint density at radius 2 is 2.09 bits per heavy atom. The molecule has 2 atom stereocenters. The Morgan fingerprint density at radius 3 is 2.68 bits per heavy atom. The van der Waals surface area contributed by atoms with Crippen molar-refractivity contribution in [3.05, 3.63) is 24.3 Å². The summed E-state index contributed by atoms with van der Waals surface area (Å²) in [6.07, 6.45) is 0. The van der Waals surface area contributed by atoms with Crippen molar-refractivity contribution in [3.63, 3.8) is 0 Å². The fraction of sp³-hybridized carbons (Fsp3) is 0.500. The molecular weight excluding hydrogens is 308 g/mol. The number of hydrogen-bond donors (Lipinski definition) is 1. The molecule has 7 nitrogen and oxygen atoms in total. The molecule has 1 aliphatic heterocycles. The predicted octanol–water partition coefficient (Wildman–Crippen LogP) is 0.0636. The maximum Gasteiger partial charge on any atom is 0.243 e. The Bertz CT molecular complexity index is 646. The molecule has 2 rings (SSSR count). The average Bonchev–Trinajstić information content (AvgIpc) is 2.93. The van der Waals surface area contributed by atoms with Gasteiger partial charge in [0.15, 0.2) is 0 Å². The van der Waals surface area contributed by atoms with Crippen LogP contribution < -0.4 is 10.5 Å². The number of benzene rings is 1. The number of ether oxygens (including phenoxy) is 2. The van der Waals surface area contributed by atoms with Gasteiger partial charge in [0.1, 0.15) is 5.75 Å². The first kappa shape index (κ1) is 16.7. The second-order valence-corrected chi connectivity index (χ2v) is 7.16. The van der Waals surface area contributed by atoms with Crippen LogP contribution in [0.3, 0.4) is 0 Å². The lowest BCUT2D eigenvalue weighted by atomic mass is 9.96. The number of methoxy groups -OCH3 is 2. The van der Waals surface area contributed by atoms with Crippen LogP contribution in [0.5, 0.6) is 5.75 Å². The van der Waals surface area contributed by atoms with Gasteiger partial charge in [-0.2, -0.15) is 4.31 Å². The van der Waals surface area contributed by atoms with Gasteiger partial charge in [-0.1, -0.05) is 6.07 Å². The smallest absolute Gasteiger partial charge is 0.243 e. The highest BCUT2D eigenvalue weighted by atomic mass is 32.2. The van der Waals surface area contributed by atoms with Crippen LogP contribution in [-0.4, -0.2) is 52.5 Å². The molecule has 2 N–H and O–H groups in total. The van der Waals surface area contributed by atoms with Crippen LogP contribution >= 0.6 is 0 Å². The number of carbonyl (C=O) groups is 1. The Morgan fingerprint density at radius 1 is 1.36 bits per heavy atom. The van der Waals surface area contributed by atoms with E-state index in [-0.39, 0.29) is 30.5 Å². The van der Waals surface area contributed by atoms with Gasteiger partial charge in [0.2, 0.25) is 15.9 Å². The highest BCUT2D eigenvalue weighted by molar-refractivity contribution is 7.89. The molecule has 0 aromatic heterocycles. The third kappa shape index (κ3) is 3.23. The average molecular weight is 328 g/mol. The lowest BCUT2D eigenvalue weighted by molar-refractivity contribution is -0.122. The van der Waals surface area contributed by atoms with Crippen LogP contribution in [0.1, 0.15) is 0 Å². The summed E-state index contributed by atoms with van der Waals surface area (Å²) in [5, 5.41) is 0. The number of primary amides is 1. The third-order valence-corrected chi connectivity index (χ3v) is 5.66. The van der Waals surface area contributed by atoms with Gasteiger partial charge in [-0.15, -0.1) is 0 Å². The Kier molecular flexibility index (Phi) is 5.05. The van der Waals surface area contributed by atoms with E-state index in [1.54, 1.807) is 12.1 Å². The van der Waals surface area contributed by atoms with Gasteiger partial charge in [-0.25, -0.2) is 8.42 Å². The molecule has 0 bridgehead atoms. The summed E-state index contributed by atoms with van der Waals surface area (Å²) in [4.78, 5) is 11.7. The molecule has 0 unspecified atom stereocenters. The number of nitrogens with two attached hydrogens (primary N) is 1. The van der Waals surface area contributed by atoms with Gasteiger partial charge < -0.3 is 15.2 Å². The minimum absolute atomic E-state index is 0.0723. The van der Waals surface area contributed by atoms with Crippen LogP contribution in [-0.2, 0) is 19.6 Å². The number of carbonyl (C=O) groups excluding carboxylic acids is 1. The maximum absolute atomic E-state index is 12.7. The Labute approximate surface area is 130 Å². The van der Waals surface area contributed by atoms with Crippen molar-refractivity contribution < 1.29 is 22.7 Å². The van der Waals surface area contributed by atoms with Gasteiger partial charge in [-0.05, 0) is 12.1 Å². The van der Waals surface area contributed by atoms with Gasteiger partial charge in [-0.3, -0.25) is 4.79 Å². The second-order valence-electron chi connectivity index (χ2n) is 5.23. The molecule has 22 heavy (non-hydrogen) atoms. The quantitative estimate of drug-likeness (QED) is 0.796. The molecule has 1 fully saturated rings. The van der Waals surface area contributed by atoms with Gasteiger partial charge in [0.05, 0.1) is 24.5 Å². The molecule has 0 spiro atoms. The number of hydrogen-bond acceptors (Lipinski definition) is 5. The largest absolute Gasteiger partial charge is 0.497 e. The van der Waals surface area contributed by atoms with Crippen molar-refractivity contribution in [1.29, 1.82) is 0 Å². The zero-order valence-electron chi connectivity index (χ0n) is 12.6. The molecule has 1 aliphatic rings. The first-order valence-electron chi connectivity index (χ1n) is 6.82. The van der Waals surface area contributed by atoms with Crippen LogP contribution in [0.2, 0.25) is 0 Å². The number of amides is 1. The normalized spacial score (nSPS) is 22.6. The van der Waals surface area contributed by atoms with Crippen molar-refractivity contribution in [2.75, 3.05) is 33.9 Å². The van der Waals surface area contributed by atoms with E-state index in [4.69, 9.17) is 15.2 Å². The zero-order valence-corrected chi connectivity index (χ0v) is 13.4. The van der Waals surface area contributed by atoms with Gasteiger partial charge in [0.25, 0.3) is 0 Å². The van der Waals surface area contributed by atoms with E-state index in [0.29, 0.717) is 5.75 Å². The summed E-state index contributed by atoms with van der Waals surface area (Å²) in [6, 6.07) is 6.24. The van der Waals surface area contributed by atoms with Gasteiger partial charge >= 0.3 is 0 Å². The standard InChI is InChI=1S/C14H20N2O5S/c1-20-9-10-7-16(8-13(10)14(15)17)22(18,19)12-5-3-4-11(6-12)21-2/h3-6,10,13H,7-9H2,1-2H3,(H2,15,17)/t10-,13+/m0/s1. The summed E-state index contributed by atoms with van der Waals surface area (Å²) >= 11 is 0. The zero-order chi connectivity index (χ0) is 16.3. The first-order chi connectivity index (χ1) is 10.4. The molecule has 0 saturated carbocycles. The minimum Gasteiger partial charge on any atom is -0.497 e. The molecule has 1 aromatic carbocycles. The topological polar surface area (TPSA) is 98.9 Å². The van der Waals surface area contributed by atoms with Crippen molar-refractivity contribution in [1.82, 2.24) is 4.31 Å². The maximum atomic E-state index is 12.7. The molecule has 1 saturated heterocycles. The monoisotopic (exact) mass is 328 g/mol. The molecule has 122 valence electrons. The molecule has 1 heterocycles. The Balaban J connectivity index is 2.28. The molecular formula is C14H20N2O5S. The molecule has 8 heteroatoms. The van der Waals surface area contributed by atoms with E-state index in [2.05, 4.69) is 0 Å². The number of nitrogens with zero attached hydrogens (tertiary/aromatic N) is 1. The summed E-state index contributed by atoms with van der Waals surface area (Å²) in [7, 11) is -0.716. The lowest BCUT2D eigenvalue weighted by Crippen LogP contribution is -2.32. The highest BCUT2D eigenvalue weighted by Gasteiger charge is 2.42. The summed E-state index contributed by atoms with van der Waals surface area (Å²) in [6.45, 7) is 0.571. The lowest BCUT2D eigenvalue weighted by Gasteiger charge is -2.16. The number of sulfonamides is 1. The van der Waals surface area contributed by atoms with E-state index in [1.807, 2.05) is 0 Å². The van der Waals surface area contributed by atoms with Crippen molar-refractivity contribution in [2.45, 2.75) is 4.90 Å². The van der Waals surface area contributed by atoms with Gasteiger partial charge in [0, 0.05) is 32.2 Å². The van der Waals surface area contributed by atoms with Crippen molar-refractivity contribution in [2.24, 2.45) is 17.6 Å². The fourth-order valence-electron chi connectivity index (χ4n) is 2.64. The summed E-state index contributed by atoms with van der Waals surface area (Å²) < 4.78 is 36.8.